The van der Waals surface area contributed by atoms with Gasteiger partial charge in [0.2, 0.25) is 0 Å². The van der Waals surface area contributed by atoms with Gasteiger partial charge < -0.3 is 9.64 Å². The van der Waals surface area contributed by atoms with Crippen LogP contribution in [0.15, 0.2) is 12.2 Å². The summed E-state index contributed by atoms with van der Waals surface area (Å²) in [6.07, 6.45) is 40.1. The number of ether oxygens (including phenoxy) is 1. The fourth-order valence-corrected chi connectivity index (χ4v) is 6.10. The second-order valence-electron chi connectivity index (χ2n) is 13.5. The Morgan fingerprint density at radius 2 is 1.00 bits per heavy atom. The average Bonchev–Trinajstić information content (AvgIpc) is 2.97. The van der Waals surface area contributed by atoms with Crippen molar-refractivity contribution < 1.29 is 9.53 Å². The summed E-state index contributed by atoms with van der Waals surface area (Å²) in [5, 5.41) is 0. The Bertz CT molecular complexity index is 553. The molecule has 3 heteroatoms. The van der Waals surface area contributed by atoms with Gasteiger partial charge in [-0.25, -0.2) is 0 Å². The minimum absolute atomic E-state index is 0.0470. The molecule has 0 spiro atoms. The molecule has 0 heterocycles. The van der Waals surface area contributed by atoms with Crippen molar-refractivity contribution in [3.05, 3.63) is 12.2 Å². The largest absolute Gasteiger partial charge is 0.462 e. The molecular weight excluding hydrogens is 514 g/mol. The van der Waals surface area contributed by atoms with Gasteiger partial charge in [0.05, 0.1) is 0 Å². The maximum Gasteiger partial charge on any atom is 0.306 e. The van der Waals surface area contributed by atoms with Crippen LogP contribution in [0.2, 0.25) is 0 Å². The lowest BCUT2D eigenvalue weighted by Crippen LogP contribution is -2.27. The lowest BCUT2D eigenvalue weighted by molar-refractivity contribution is -0.153. The Kier molecular flexibility index (Phi) is 32.4. The molecule has 0 aliphatic heterocycles. The summed E-state index contributed by atoms with van der Waals surface area (Å²) in [7, 11) is 4.21. The van der Waals surface area contributed by atoms with Crippen LogP contribution >= 0.6 is 0 Å². The molecule has 0 bridgehead atoms. The number of carbonyl (C=O) groups excluding carboxylic acids is 1. The zero-order valence-electron chi connectivity index (χ0n) is 29.6. The zero-order valence-corrected chi connectivity index (χ0v) is 29.6. The van der Waals surface area contributed by atoms with E-state index in [0.29, 0.717) is 12.3 Å². The van der Waals surface area contributed by atoms with Crippen molar-refractivity contribution in [2.45, 2.75) is 207 Å². The van der Waals surface area contributed by atoms with E-state index in [4.69, 9.17) is 4.74 Å². The number of rotatable bonds is 33. The second kappa shape index (κ2) is 33.1. The molecular formula is C39H77NO2. The van der Waals surface area contributed by atoms with Gasteiger partial charge in [0.1, 0.15) is 6.10 Å². The molecule has 1 unspecified atom stereocenters. The highest BCUT2D eigenvalue weighted by Gasteiger charge is 2.24. The molecule has 0 radical (unpaired) electrons. The molecule has 0 aliphatic carbocycles. The number of hydrogen-bond donors (Lipinski definition) is 0. The number of unbranched alkanes of at least 4 members (excludes halogenated alkanes) is 19. The minimum Gasteiger partial charge on any atom is -0.462 e. The highest BCUT2D eigenvalue weighted by Crippen LogP contribution is 2.28. The van der Waals surface area contributed by atoms with E-state index in [1.807, 2.05) is 0 Å². The van der Waals surface area contributed by atoms with E-state index < -0.39 is 0 Å². The fraction of sp³-hybridized carbons (Fsp3) is 0.923. The monoisotopic (exact) mass is 592 g/mol. The van der Waals surface area contributed by atoms with Crippen molar-refractivity contribution in [1.29, 1.82) is 0 Å². The van der Waals surface area contributed by atoms with E-state index in [9.17, 15) is 4.79 Å². The number of allylic oxidation sites excluding steroid dienone is 2. The molecule has 0 aromatic rings. The molecule has 0 aromatic carbocycles. The van der Waals surface area contributed by atoms with Gasteiger partial charge in [-0.3, -0.25) is 4.79 Å². The van der Waals surface area contributed by atoms with E-state index in [2.05, 4.69) is 51.9 Å². The molecule has 0 aromatic heterocycles. The van der Waals surface area contributed by atoms with Crippen LogP contribution in [0.3, 0.4) is 0 Å². The molecule has 1 atom stereocenters. The summed E-state index contributed by atoms with van der Waals surface area (Å²) in [6.45, 7) is 7.90. The van der Waals surface area contributed by atoms with Crippen molar-refractivity contribution in [2.24, 2.45) is 5.92 Å². The van der Waals surface area contributed by atoms with Gasteiger partial charge in [-0.1, -0.05) is 148 Å². The standard InChI is InChI=1S/C39H77NO2/c1-6-9-12-15-18-21-24-27-32-37(33-28-25-22-19-16-13-10-7-2)38(34-29-26-23-20-17-14-11-8-3)42-39(41)35-30-31-36-40(4)5/h20,23,37-38H,6-19,21-22,24-36H2,1-5H3/b23-20+. The van der Waals surface area contributed by atoms with Crippen molar-refractivity contribution in [2.75, 3.05) is 20.6 Å². The first-order valence-electron chi connectivity index (χ1n) is 19.0. The van der Waals surface area contributed by atoms with Gasteiger partial charge in [-0.2, -0.15) is 0 Å². The third-order valence-electron chi connectivity index (χ3n) is 8.90. The van der Waals surface area contributed by atoms with E-state index in [-0.39, 0.29) is 12.1 Å². The van der Waals surface area contributed by atoms with Crippen LogP contribution in [-0.4, -0.2) is 37.6 Å². The fourth-order valence-electron chi connectivity index (χ4n) is 6.10. The SMILES string of the molecule is CCCCC/C=C/CCCC(OC(=O)CCCCN(C)C)C(CCCCCCCCCC)CCCCCCCCCC. The Morgan fingerprint density at radius 3 is 1.50 bits per heavy atom. The van der Waals surface area contributed by atoms with Crippen molar-refractivity contribution >= 4 is 5.97 Å². The van der Waals surface area contributed by atoms with Crippen LogP contribution in [0.5, 0.6) is 0 Å². The minimum atomic E-state index is 0.0470. The number of carbonyl (C=O) groups is 1. The van der Waals surface area contributed by atoms with Crippen LogP contribution in [-0.2, 0) is 9.53 Å². The second-order valence-corrected chi connectivity index (χ2v) is 13.5. The molecule has 0 rings (SSSR count). The van der Waals surface area contributed by atoms with Crippen molar-refractivity contribution in [1.82, 2.24) is 4.90 Å². The molecule has 0 saturated heterocycles. The normalized spacial score (nSPS) is 12.6. The third kappa shape index (κ3) is 29.3. The maximum absolute atomic E-state index is 13.0. The lowest BCUT2D eigenvalue weighted by atomic mass is 9.87. The van der Waals surface area contributed by atoms with Gasteiger partial charge in [0.25, 0.3) is 0 Å². The number of esters is 1. The maximum atomic E-state index is 13.0. The number of hydrogen-bond acceptors (Lipinski definition) is 3. The van der Waals surface area contributed by atoms with Gasteiger partial charge in [-0.15, -0.1) is 0 Å². The quantitative estimate of drug-likeness (QED) is 0.0432. The van der Waals surface area contributed by atoms with E-state index >= 15 is 0 Å². The Labute approximate surface area is 265 Å². The molecule has 42 heavy (non-hydrogen) atoms. The highest BCUT2D eigenvalue weighted by atomic mass is 16.5. The summed E-state index contributed by atoms with van der Waals surface area (Å²) in [4.78, 5) is 15.2. The van der Waals surface area contributed by atoms with Crippen molar-refractivity contribution in [3.8, 4) is 0 Å². The Hall–Kier alpha value is -0.830. The van der Waals surface area contributed by atoms with Crippen LogP contribution in [0.1, 0.15) is 201 Å². The summed E-state index contributed by atoms with van der Waals surface area (Å²) >= 11 is 0. The molecule has 0 amide bonds. The zero-order chi connectivity index (χ0) is 30.9. The lowest BCUT2D eigenvalue weighted by Gasteiger charge is -2.28. The first-order chi connectivity index (χ1) is 20.5. The van der Waals surface area contributed by atoms with Crippen LogP contribution in [0.4, 0.5) is 0 Å². The van der Waals surface area contributed by atoms with E-state index in [1.165, 1.54) is 141 Å². The summed E-state index contributed by atoms with van der Waals surface area (Å²) in [6, 6.07) is 0. The molecule has 3 nitrogen and oxygen atoms in total. The predicted molar refractivity (Wildman–Crippen MR) is 187 cm³/mol. The molecule has 0 aliphatic rings. The smallest absolute Gasteiger partial charge is 0.306 e. The third-order valence-corrected chi connectivity index (χ3v) is 8.90. The molecule has 0 fully saturated rings. The first-order valence-corrected chi connectivity index (χ1v) is 19.0. The van der Waals surface area contributed by atoms with Crippen LogP contribution in [0.25, 0.3) is 0 Å². The molecule has 0 N–H and O–H groups in total. The summed E-state index contributed by atoms with van der Waals surface area (Å²) in [5.74, 6) is 0.579. The topological polar surface area (TPSA) is 29.5 Å². The van der Waals surface area contributed by atoms with Crippen LogP contribution in [0, 0.1) is 5.92 Å². The van der Waals surface area contributed by atoms with Gasteiger partial charge >= 0.3 is 5.97 Å². The van der Waals surface area contributed by atoms with E-state index in [0.717, 1.165) is 38.6 Å². The predicted octanol–water partition coefficient (Wildman–Crippen LogP) is 12.6. The number of nitrogens with zero attached hydrogens (tertiary/aromatic N) is 1. The summed E-state index contributed by atoms with van der Waals surface area (Å²) < 4.78 is 6.35. The Morgan fingerprint density at radius 1 is 0.548 bits per heavy atom. The van der Waals surface area contributed by atoms with Crippen molar-refractivity contribution in [3.63, 3.8) is 0 Å². The molecule has 250 valence electrons. The highest BCUT2D eigenvalue weighted by molar-refractivity contribution is 5.69. The van der Waals surface area contributed by atoms with E-state index in [1.54, 1.807) is 0 Å². The average molecular weight is 592 g/mol. The Balaban J connectivity index is 5.00. The summed E-state index contributed by atoms with van der Waals surface area (Å²) in [5.41, 5.74) is 0. The van der Waals surface area contributed by atoms with Gasteiger partial charge in [0, 0.05) is 6.42 Å². The van der Waals surface area contributed by atoms with Gasteiger partial charge in [0.15, 0.2) is 0 Å². The van der Waals surface area contributed by atoms with Crippen LogP contribution < -0.4 is 0 Å². The molecule has 0 saturated carbocycles. The first kappa shape index (κ1) is 41.2. The van der Waals surface area contributed by atoms with Gasteiger partial charge in [-0.05, 0) is 84.3 Å².